The summed E-state index contributed by atoms with van der Waals surface area (Å²) in [4.78, 5) is 45.3. The molecule has 3 aliphatic heterocycles. The maximum absolute atomic E-state index is 15.8. The Morgan fingerprint density at radius 3 is 2.48 bits per heavy atom. The van der Waals surface area contributed by atoms with Gasteiger partial charge in [0.15, 0.2) is 0 Å². The molecule has 4 aromatic rings. The van der Waals surface area contributed by atoms with Crippen molar-refractivity contribution in [3.8, 4) is 16.9 Å². The number of fused-ring (bicyclic) bond motifs is 1. The van der Waals surface area contributed by atoms with Crippen LogP contribution in [0.4, 0.5) is 28.9 Å². The first-order valence-corrected chi connectivity index (χ1v) is 17.2. The van der Waals surface area contributed by atoms with Crippen molar-refractivity contribution < 1.29 is 31.9 Å². The van der Waals surface area contributed by atoms with E-state index < -0.39 is 42.1 Å². The van der Waals surface area contributed by atoms with Crippen LogP contribution < -0.4 is 25.8 Å². The van der Waals surface area contributed by atoms with Crippen LogP contribution in [0.15, 0.2) is 59.8 Å². The van der Waals surface area contributed by atoms with Crippen molar-refractivity contribution in [2.75, 3.05) is 56.6 Å². The number of benzene rings is 2. The predicted octanol–water partition coefficient (Wildman–Crippen LogP) is 4.14. The standard InChI is InChI=1S/C37H39F4N7O4/c1-45-19-26(24-7-9-42-18-25(24)36(45)51)22-15-28(38)27(32(16-22)52-2)20-46-10-8-33(37(40,41)21-46)48-13-11-47(12-14-48)31-5-3-23(17-29(31)39)43-30-4-6-34(49)44-35(30)50/h3,5,7,9,15-19,30,33,43H,4,6,8,10-14,20-21H2,1-2H3,(H,44,49,50). The number of alkyl halides is 2. The summed E-state index contributed by atoms with van der Waals surface area (Å²) in [7, 11) is 3.01. The van der Waals surface area contributed by atoms with Crippen molar-refractivity contribution >= 4 is 34.0 Å². The van der Waals surface area contributed by atoms with Gasteiger partial charge in [-0.25, -0.2) is 17.6 Å². The summed E-state index contributed by atoms with van der Waals surface area (Å²) >= 11 is 0. The molecule has 3 aliphatic rings. The number of hydrogen-bond donors (Lipinski definition) is 2. The molecule has 2 atom stereocenters. The summed E-state index contributed by atoms with van der Waals surface area (Å²) in [6.45, 7) is 1.02. The molecule has 0 aliphatic carbocycles. The molecule has 5 heterocycles. The quantitative estimate of drug-likeness (QED) is 0.205. The van der Waals surface area contributed by atoms with Gasteiger partial charge in [0.2, 0.25) is 11.8 Å². The van der Waals surface area contributed by atoms with Gasteiger partial charge in [0.1, 0.15) is 23.4 Å². The number of piperazine rings is 1. The number of amides is 2. The zero-order valence-electron chi connectivity index (χ0n) is 28.8. The molecular weight excluding hydrogens is 682 g/mol. The van der Waals surface area contributed by atoms with E-state index in [4.69, 9.17) is 4.74 Å². The van der Waals surface area contributed by atoms with Gasteiger partial charge in [-0.3, -0.25) is 34.5 Å². The Kier molecular flexibility index (Phi) is 9.65. The smallest absolute Gasteiger partial charge is 0.275 e. The van der Waals surface area contributed by atoms with Crippen LogP contribution in [-0.4, -0.2) is 95.5 Å². The molecular formula is C37H39F4N7O4. The number of piperidine rings is 2. The Hall–Kier alpha value is -5.02. The van der Waals surface area contributed by atoms with Crippen molar-refractivity contribution in [1.82, 2.24) is 24.7 Å². The SMILES string of the molecule is COc1cc(-c2cn(C)c(=O)c3cnccc23)cc(F)c1CN1CCC(N2CCN(c3ccc(NC4CCC(=O)NC4=O)cc3F)CC2)C(F)(F)C1. The van der Waals surface area contributed by atoms with Crippen molar-refractivity contribution in [2.45, 2.75) is 43.8 Å². The average molecular weight is 722 g/mol. The number of ether oxygens (including phenoxy) is 1. The number of aromatic nitrogens is 2. The summed E-state index contributed by atoms with van der Waals surface area (Å²) in [5.41, 5.74) is 1.78. The fraction of sp³-hybridized carbons (Fsp3) is 0.405. The van der Waals surface area contributed by atoms with E-state index in [1.807, 2.05) is 4.90 Å². The molecule has 7 rings (SSSR count). The Balaban J connectivity index is 0.985. The van der Waals surface area contributed by atoms with E-state index in [1.165, 1.54) is 30.0 Å². The van der Waals surface area contributed by atoms with Gasteiger partial charge >= 0.3 is 0 Å². The Labute approximate surface area is 297 Å². The van der Waals surface area contributed by atoms with Crippen LogP contribution in [0, 0.1) is 11.6 Å². The lowest BCUT2D eigenvalue weighted by Crippen LogP contribution is -2.61. The number of likely N-dealkylation sites (tertiary alicyclic amines) is 1. The number of imide groups is 1. The highest BCUT2D eigenvalue weighted by atomic mass is 19.3. The van der Waals surface area contributed by atoms with E-state index in [0.717, 1.165) is 0 Å². The number of nitrogens with one attached hydrogen (secondary N) is 2. The topological polar surface area (TPSA) is 112 Å². The van der Waals surface area contributed by atoms with Crippen LogP contribution in [0.1, 0.15) is 24.8 Å². The molecule has 2 amide bonds. The lowest BCUT2D eigenvalue weighted by Gasteiger charge is -2.46. The Bertz CT molecular complexity index is 2090. The number of methoxy groups -OCH3 is 1. The van der Waals surface area contributed by atoms with Crippen molar-refractivity contribution in [1.29, 1.82) is 0 Å². The van der Waals surface area contributed by atoms with E-state index in [1.54, 1.807) is 53.5 Å². The second-order valence-electron chi connectivity index (χ2n) is 13.6. The minimum atomic E-state index is -3.08. The molecule has 0 radical (unpaired) electrons. The molecule has 0 spiro atoms. The highest BCUT2D eigenvalue weighted by Gasteiger charge is 2.48. The van der Waals surface area contributed by atoms with Crippen LogP contribution in [0.2, 0.25) is 0 Å². The molecule has 274 valence electrons. The second-order valence-corrected chi connectivity index (χ2v) is 13.6. The summed E-state index contributed by atoms with van der Waals surface area (Å²) in [6, 6.07) is 7.60. The van der Waals surface area contributed by atoms with E-state index in [2.05, 4.69) is 15.6 Å². The highest BCUT2D eigenvalue weighted by Crippen LogP contribution is 2.37. The molecule has 2 N–H and O–H groups in total. The minimum absolute atomic E-state index is 0.0724. The number of nitrogens with zero attached hydrogens (tertiary/aromatic N) is 5. The molecule has 15 heteroatoms. The molecule has 2 aromatic heterocycles. The minimum Gasteiger partial charge on any atom is -0.496 e. The van der Waals surface area contributed by atoms with E-state index in [9.17, 15) is 14.4 Å². The molecule has 2 aromatic carbocycles. The molecule has 3 saturated heterocycles. The first-order valence-electron chi connectivity index (χ1n) is 17.2. The first-order chi connectivity index (χ1) is 24.9. The van der Waals surface area contributed by atoms with E-state index >= 15 is 17.6 Å². The van der Waals surface area contributed by atoms with Crippen LogP contribution in [-0.2, 0) is 23.2 Å². The molecule has 52 heavy (non-hydrogen) atoms. The third kappa shape index (κ3) is 6.94. The number of halogens is 4. The lowest BCUT2D eigenvalue weighted by molar-refractivity contribution is -0.133. The van der Waals surface area contributed by atoms with Gasteiger partial charge in [-0.2, -0.15) is 0 Å². The van der Waals surface area contributed by atoms with Gasteiger partial charge in [0.05, 0.1) is 30.8 Å². The Morgan fingerprint density at radius 1 is 0.981 bits per heavy atom. The maximum Gasteiger partial charge on any atom is 0.275 e. The third-order valence-electron chi connectivity index (χ3n) is 10.3. The number of pyridine rings is 2. The summed E-state index contributed by atoms with van der Waals surface area (Å²) in [6.07, 6.45) is 5.33. The molecule has 11 nitrogen and oxygen atoms in total. The van der Waals surface area contributed by atoms with Crippen molar-refractivity contribution in [2.24, 2.45) is 7.05 Å². The van der Waals surface area contributed by atoms with Gasteiger partial charge in [-0.05, 0) is 60.2 Å². The zero-order valence-corrected chi connectivity index (χ0v) is 28.8. The number of aryl methyl sites for hydroxylation is 1. The van der Waals surface area contributed by atoms with Crippen molar-refractivity contribution in [3.63, 3.8) is 0 Å². The van der Waals surface area contributed by atoms with Crippen LogP contribution in [0.3, 0.4) is 0 Å². The summed E-state index contributed by atoms with van der Waals surface area (Å²) in [5, 5.41) is 6.23. The number of anilines is 2. The van der Waals surface area contributed by atoms with E-state index in [-0.39, 0.29) is 42.2 Å². The zero-order chi connectivity index (χ0) is 36.7. The predicted molar refractivity (Wildman–Crippen MR) is 188 cm³/mol. The largest absolute Gasteiger partial charge is 0.496 e. The summed E-state index contributed by atoms with van der Waals surface area (Å²) < 4.78 is 69.6. The molecule has 0 saturated carbocycles. The maximum atomic E-state index is 15.8. The first kappa shape index (κ1) is 35.4. The number of carbonyl (C=O) groups is 2. The van der Waals surface area contributed by atoms with Gasteiger partial charge in [0, 0.05) is 88.1 Å². The second kappa shape index (κ2) is 14.2. The van der Waals surface area contributed by atoms with Gasteiger partial charge in [-0.1, -0.05) is 0 Å². The molecule has 2 unspecified atom stereocenters. The number of carbonyl (C=O) groups excluding carboxylic acids is 2. The summed E-state index contributed by atoms with van der Waals surface area (Å²) in [5.74, 6) is -4.75. The van der Waals surface area contributed by atoms with Gasteiger partial charge in [0.25, 0.3) is 11.5 Å². The monoisotopic (exact) mass is 721 g/mol. The Morgan fingerprint density at radius 2 is 1.77 bits per heavy atom. The van der Waals surface area contributed by atoms with Crippen LogP contribution >= 0.6 is 0 Å². The average Bonchev–Trinajstić information content (AvgIpc) is 3.12. The molecule has 0 bridgehead atoms. The van der Waals surface area contributed by atoms with Gasteiger partial charge in [-0.15, -0.1) is 0 Å². The van der Waals surface area contributed by atoms with E-state index in [0.29, 0.717) is 72.4 Å². The highest BCUT2D eigenvalue weighted by molar-refractivity contribution is 6.01. The van der Waals surface area contributed by atoms with Crippen LogP contribution in [0.5, 0.6) is 5.75 Å². The molecule has 3 fully saturated rings. The number of rotatable bonds is 8. The fourth-order valence-electron chi connectivity index (χ4n) is 7.61. The number of hydrogen-bond acceptors (Lipinski definition) is 9. The third-order valence-corrected chi connectivity index (χ3v) is 10.3. The lowest BCUT2D eigenvalue weighted by atomic mass is 9.96. The fourth-order valence-corrected chi connectivity index (χ4v) is 7.61. The van der Waals surface area contributed by atoms with Crippen LogP contribution in [0.25, 0.3) is 21.9 Å². The normalized spacial score (nSPS) is 21.3. The van der Waals surface area contributed by atoms with Crippen molar-refractivity contribution in [3.05, 3.63) is 82.5 Å². The van der Waals surface area contributed by atoms with Gasteiger partial charge < -0.3 is 19.5 Å².